The molecule has 11 rings (SSSR count). The van der Waals surface area contributed by atoms with Crippen LogP contribution in [0.25, 0.3) is 67.4 Å². The molecule has 0 radical (unpaired) electrons. The second-order valence-electron chi connectivity index (χ2n) is 16.2. The van der Waals surface area contributed by atoms with Gasteiger partial charge in [0.25, 0.3) is 0 Å². The van der Waals surface area contributed by atoms with Gasteiger partial charge in [-0.15, -0.1) is 0 Å². The predicted molar refractivity (Wildman–Crippen MR) is 277 cm³/mol. The standard InChI is InChI=1S/C62H44N2/c1-5-17-45(18-6-1)29-31-47-33-37-55(38-34-47)63(53-24-9-3-10-25-53)61-57-28-16-15-23-51(57)43-59-60(61)44-52-41-49-21-13-14-22-50(49)42-58(52)62(59)64(54-26-11-4-12-27-54)56-39-35-48(36-40-56)32-30-46-19-7-2-8-20-46/h1-44H. The normalized spacial score (nSPS) is 11.6. The number of fused-ring (bicyclic) bond motifs is 4. The van der Waals surface area contributed by atoms with Gasteiger partial charge in [-0.1, -0.05) is 194 Å². The highest BCUT2D eigenvalue weighted by molar-refractivity contribution is 6.25. The number of rotatable bonds is 10. The van der Waals surface area contributed by atoms with E-state index in [1.165, 1.54) is 43.4 Å². The molecule has 0 heterocycles. The van der Waals surface area contributed by atoms with Crippen molar-refractivity contribution < 1.29 is 0 Å². The van der Waals surface area contributed by atoms with E-state index >= 15 is 0 Å². The van der Waals surface area contributed by atoms with E-state index in [-0.39, 0.29) is 0 Å². The summed E-state index contributed by atoms with van der Waals surface area (Å²) in [5.41, 5.74) is 11.3. The van der Waals surface area contributed by atoms with E-state index in [1.54, 1.807) is 0 Å². The predicted octanol–water partition coefficient (Wildman–Crippen LogP) is 17.6. The Bertz CT molecular complexity index is 3450. The maximum Gasteiger partial charge on any atom is 0.0619 e. The fraction of sp³-hybridized carbons (Fsp3) is 0. The van der Waals surface area contributed by atoms with Crippen LogP contribution >= 0.6 is 0 Å². The minimum atomic E-state index is 1.08. The molecule has 0 unspecified atom stereocenters. The Morgan fingerprint density at radius 2 is 0.547 bits per heavy atom. The van der Waals surface area contributed by atoms with Gasteiger partial charge >= 0.3 is 0 Å². The Labute approximate surface area is 374 Å². The first-order chi connectivity index (χ1) is 31.7. The number of nitrogens with zero attached hydrogens (tertiary/aromatic N) is 2. The molecule has 2 heteroatoms. The van der Waals surface area contributed by atoms with Crippen molar-refractivity contribution in [1.82, 2.24) is 0 Å². The molecule has 0 spiro atoms. The van der Waals surface area contributed by atoms with Gasteiger partial charge in [0.2, 0.25) is 0 Å². The minimum absolute atomic E-state index is 1.08. The lowest BCUT2D eigenvalue weighted by Crippen LogP contribution is -2.13. The smallest absolute Gasteiger partial charge is 0.0619 e. The van der Waals surface area contributed by atoms with Gasteiger partial charge in [-0.2, -0.15) is 0 Å². The molecular formula is C62H44N2. The molecule has 0 aromatic heterocycles. The molecule has 0 fully saturated rings. The van der Waals surface area contributed by atoms with E-state index in [4.69, 9.17) is 0 Å². The van der Waals surface area contributed by atoms with Crippen LogP contribution < -0.4 is 9.80 Å². The number of anilines is 6. The first-order valence-electron chi connectivity index (χ1n) is 21.9. The molecule has 11 aromatic rings. The molecule has 0 bridgehead atoms. The van der Waals surface area contributed by atoms with E-state index < -0.39 is 0 Å². The van der Waals surface area contributed by atoms with Crippen LogP contribution in [0.3, 0.4) is 0 Å². The molecular weight excluding hydrogens is 773 g/mol. The SMILES string of the molecule is C(=Cc1ccc(N(c2ccccc2)c2c3ccccc3cc3c(N(c4ccccc4)c4ccc(C=Cc5ccccc5)cc4)c4cc5ccccc5cc4cc23)cc1)c1ccccc1. The number of para-hydroxylation sites is 2. The molecule has 0 saturated heterocycles. The molecule has 0 aliphatic carbocycles. The summed E-state index contributed by atoms with van der Waals surface area (Å²) < 4.78 is 0. The molecule has 0 N–H and O–H groups in total. The zero-order chi connectivity index (χ0) is 42.7. The fourth-order valence-electron chi connectivity index (χ4n) is 9.00. The van der Waals surface area contributed by atoms with Crippen LogP contribution in [0.5, 0.6) is 0 Å². The summed E-state index contributed by atoms with van der Waals surface area (Å²) in [4.78, 5) is 4.91. The second kappa shape index (κ2) is 17.1. The largest absolute Gasteiger partial charge is 0.309 e. The third-order valence-electron chi connectivity index (χ3n) is 12.1. The van der Waals surface area contributed by atoms with Crippen molar-refractivity contribution in [3.05, 3.63) is 265 Å². The van der Waals surface area contributed by atoms with E-state index in [2.05, 4.69) is 277 Å². The molecule has 0 aliphatic rings. The van der Waals surface area contributed by atoms with Crippen LogP contribution in [0, 0.1) is 0 Å². The van der Waals surface area contributed by atoms with Gasteiger partial charge in [0.1, 0.15) is 0 Å². The van der Waals surface area contributed by atoms with Gasteiger partial charge in [0, 0.05) is 44.3 Å². The molecule has 0 amide bonds. The summed E-state index contributed by atoms with van der Waals surface area (Å²) in [5.74, 6) is 0. The monoisotopic (exact) mass is 816 g/mol. The third kappa shape index (κ3) is 7.59. The Morgan fingerprint density at radius 1 is 0.219 bits per heavy atom. The summed E-state index contributed by atoms with van der Waals surface area (Å²) in [7, 11) is 0. The van der Waals surface area contributed by atoms with Crippen LogP contribution in [-0.2, 0) is 0 Å². The third-order valence-corrected chi connectivity index (χ3v) is 12.1. The van der Waals surface area contributed by atoms with Crippen molar-refractivity contribution in [3.8, 4) is 0 Å². The molecule has 0 atom stereocenters. The van der Waals surface area contributed by atoms with Crippen molar-refractivity contribution >= 4 is 102 Å². The zero-order valence-corrected chi connectivity index (χ0v) is 35.3. The highest BCUT2D eigenvalue weighted by Crippen LogP contribution is 2.51. The Balaban J connectivity index is 1.18. The lowest BCUT2D eigenvalue weighted by Gasteiger charge is -2.32. The van der Waals surface area contributed by atoms with Gasteiger partial charge in [-0.25, -0.2) is 0 Å². The van der Waals surface area contributed by atoms with Gasteiger partial charge in [0.15, 0.2) is 0 Å². The first-order valence-corrected chi connectivity index (χ1v) is 21.9. The summed E-state index contributed by atoms with van der Waals surface area (Å²) >= 11 is 0. The summed E-state index contributed by atoms with van der Waals surface area (Å²) in [6, 6.07) is 87.7. The van der Waals surface area contributed by atoms with Crippen LogP contribution in [0.1, 0.15) is 22.3 Å². The minimum Gasteiger partial charge on any atom is -0.309 e. The maximum absolute atomic E-state index is 2.46. The van der Waals surface area contributed by atoms with Gasteiger partial charge in [-0.05, 0) is 117 Å². The Hall–Kier alpha value is -8.46. The molecule has 2 nitrogen and oxygen atoms in total. The van der Waals surface area contributed by atoms with Crippen LogP contribution in [0.4, 0.5) is 34.1 Å². The van der Waals surface area contributed by atoms with E-state index in [0.29, 0.717) is 0 Å². The fourth-order valence-corrected chi connectivity index (χ4v) is 9.00. The lowest BCUT2D eigenvalue weighted by molar-refractivity contribution is 1.30. The topological polar surface area (TPSA) is 6.48 Å². The number of hydrogen-bond acceptors (Lipinski definition) is 2. The second-order valence-corrected chi connectivity index (χ2v) is 16.2. The van der Waals surface area contributed by atoms with Crippen molar-refractivity contribution in [1.29, 1.82) is 0 Å². The van der Waals surface area contributed by atoms with Gasteiger partial charge in [-0.3, -0.25) is 0 Å². The van der Waals surface area contributed by atoms with Crippen LogP contribution in [0.2, 0.25) is 0 Å². The van der Waals surface area contributed by atoms with E-state index in [9.17, 15) is 0 Å². The van der Waals surface area contributed by atoms with E-state index in [0.717, 1.165) is 56.0 Å². The summed E-state index contributed by atoms with van der Waals surface area (Å²) in [5, 5.41) is 9.46. The zero-order valence-electron chi connectivity index (χ0n) is 35.3. The molecule has 0 aliphatic heterocycles. The van der Waals surface area contributed by atoms with Crippen LogP contribution in [-0.4, -0.2) is 0 Å². The first kappa shape index (κ1) is 38.5. The van der Waals surface area contributed by atoms with Gasteiger partial charge in [0.05, 0.1) is 11.4 Å². The molecule has 11 aromatic carbocycles. The van der Waals surface area contributed by atoms with Gasteiger partial charge < -0.3 is 9.80 Å². The summed E-state index contributed by atoms with van der Waals surface area (Å²) in [6.45, 7) is 0. The van der Waals surface area contributed by atoms with Crippen molar-refractivity contribution in [3.63, 3.8) is 0 Å². The van der Waals surface area contributed by atoms with E-state index in [1.807, 2.05) is 0 Å². The molecule has 302 valence electrons. The summed E-state index contributed by atoms with van der Waals surface area (Å²) in [6.07, 6.45) is 8.72. The number of hydrogen-bond donors (Lipinski definition) is 0. The number of benzene rings is 11. The Kier molecular flexibility index (Phi) is 10.3. The van der Waals surface area contributed by atoms with Crippen molar-refractivity contribution in [2.24, 2.45) is 0 Å². The van der Waals surface area contributed by atoms with Crippen molar-refractivity contribution in [2.75, 3.05) is 9.80 Å². The highest BCUT2D eigenvalue weighted by Gasteiger charge is 2.25. The molecule has 0 saturated carbocycles. The average molecular weight is 817 g/mol. The lowest BCUT2D eigenvalue weighted by atomic mass is 9.92. The highest BCUT2D eigenvalue weighted by atomic mass is 15.2. The van der Waals surface area contributed by atoms with Crippen LogP contribution in [0.15, 0.2) is 243 Å². The molecule has 64 heavy (non-hydrogen) atoms. The quantitative estimate of drug-likeness (QED) is 0.100. The Morgan fingerprint density at radius 3 is 1.03 bits per heavy atom. The average Bonchev–Trinajstić information content (AvgIpc) is 3.36. The maximum atomic E-state index is 2.46. The van der Waals surface area contributed by atoms with Crippen molar-refractivity contribution in [2.45, 2.75) is 0 Å².